The normalized spacial score (nSPS) is 9.93. The van der Waals surface area contributed by atoms with E-state index in [0.29, 0.717) is 19.6 Å². The molecule has 0 unspecified atom stereocenters. The predicted octanol–water partition coefficient (Wildman–Crippen LogP) is 0.523. The average Bonchev–Trinajstić information content (AvgIpc) is 2.20. The smallest absolute Gasteiger partial charge is 0.119 e. The van der Waals surface area contributed by atoms with Crippen molar-refractivity contribution in [1.82, 2.24) is 5.48 Å². The number of hydrogen-bond acceptors (Lipinski definition) is 4. The standard InChI is InChI=1S/C10H15N3O2/c11-10(12)7-8-1-3-9(4-2-8)15-6-5-13-14/h1-4,13-14H,5-7H2,(H3,11,12). The van der Waals surface area contributed by atoms with Gasteiger partial charge in [-0.05, 0) is 17.7 Å². The van der Waals surface area contributed by atoms with Gasteiger partial charge in [-0.3, -0.25) is 5.41 Å². The Hall–Kier alpha value is -1.59. The van der Waals surface area contributed by atoms with E-state index in [1.807, 2.05) is 29.7 Å². The number of hydrogen-bond donors (Lipinski definition) is 4. The highest BCUT2D eigenvalue weighted by atomic mass is 16.5. The molecule has 0 atom stereocenters. The third kappa shape index (κ3) is 4.44. The molecular formula is C10H15N3O2. The number of amidine groups is 1. The minimum atomic E-state index is 0.146. The Morgan fingerprint density at radius 1 is 1.40 bits per heavy atom. The second kappa shape index (κ2) is 6.00. The SMILES string of the molecule is N=C(N)Cc1ccc(OCCNO)cc1. The van der Waals surface area contributed by atoms with Crippen LogP contribution in [-0.4, -0.2) is 24.2 Å². The summed E-state index contributed by atoms with van der Waals surface area (Å²) in [7, 11) is 0. The molecule has 15 heavy (non-hydrogen) atoms. The van der Waals surface area contributed by atoms with Gasteiger partial charge in [0.2, 0.25) is 0 Å². The number of nitrogens with one attached hydrogen (secondary N) is 2. The molecule has 0 amide bonds. The molecule has 0 aliphatic heterocycles. The molecule has 0 fully saturated rings. The predicted molar refractivity (Wildman–Crippen MR) is 57.3 cm³/mol. The maximum absolute atomic E-state index is 8.32. The third-order valence-electron chi connectivity index (χ3n) is 1.80. The molecule has 0 aromatic heterocycles. The van der Waals surface area contributed by atoms with Gasteiger partial charge in [0, 0.05) is 6.42 Å². The fourth-order valence-electron chi connectivity index (χ4n) is 1.14. The number of benzene rings is 1. The largest absolute Gasteiger partial charge is 0.492 e. The first-order valence-corrected chi connectivity index (χ1v) is 4.64. The Morgan fingerprint density at radius 2 is 2.07 bits per heavy atom. The van der Waals surface area contributed by atoms with Crippen molar-refractivity contribution in [2.24, 2.45) is 5.73 Å². The summed E-state index contributed by atoms with van der Waals surface area (Å²) in [6, 6.07) is 7.36. The Morgan fingerprint density at radius 3 is 2.60 bits per heavy atom. The highest BCUT2D eigenvalue weighted by Crippen LogP contribution is 2.12. The van der Waals surface area contributed by atoms with E-state index in [-0.39, 0.29) is 5.84 Å². The van der Waals surface area contributed by atoms with Gasteiger partial charge in [-0.25, -0.2) is 5.48 Å². The van der Waals surface area contributed by atoms with Crippen molar-refractivity contribution in [3.63, 3.8) is 0 Å². The van der Waals surface area contributed by atoms with Crippen molar-refractivity contribution < 1.29 is 9.94 Å². The maximum Gasteiger partial charge on any atom is 0.119 e. The van der Waals surface area contributed by atoms with E-state index in [1.165, 1.54) is 0 Å². The second-order valence-corrected chi connectivity index (χ2v) is 3.10. The van der Waals surface area contributed by atoms with Gasteiger partial charge in [-0.2, -0.15) is 0 Å². The lowest BCUT2D eigenvalue weighted by Gasteiger charge is -2.06. The first-order chi connectivity index (χ1) is 7.22. The third-order valence-corrected chi connectivity index (χ3v) is 1.80. The minimum Gasteiger partial charge on any atom is -0.492 e. The molecular weight excluding hydrogens is 194 g/mol. The van der Waals surface area contributed by atoms with E-state index in [4.69, 9.17) is 21.1 Å². The zero-order chi connectivity index (χ0) is 11.1. The van der Waals surface area contributed by atoms with Crippen LogP contribution in [0.2, 0.25) is 0 Å². The van der Waals surface area contributed by atoms with Gasteiger partial charge in [0.05, 0.1) is 12.4 Å². The van der Waals surface area contributed by atoms with Crippen LogP contribution in [0.25, 0.3) is 0 Å². The van der Waals surface area contributed by atoms with E-state index >= 15 is 0 Å². The topological polar surface area (TPSA) is 91.4 Å². The molecule has 0 aliphatic rings. The fraction of sp³-hybridized carbons (Fsp3) is 0.300. The highest BCUT2D eigenvalue weighted by Gasteiger charge is 1.96. The van der Waals surface area contributed by atoms with Gasteiger partial charge in [-0.1, -0.05) is 12.1 Å². The van der Waals surface area contributed by atoms with E-state index in [1.54, 1.807) is 0 Å². The molecule has 0 spiro atoms. The quantitative estimate of drug-likeness (QED) is 0.238. The van der Waals surface area contributed by atoms with Crippen molar-refractivity contribution in [2.45, 2.75) is 6.42 Å². The molecule has 82 valence electrons. The summed E-state index contributed by atoms with van der Waals surface area (Å²) in [4.78, 5) is 0. The van der Waals surface area contributed by atoms with Crippen LogP contribution in [0.5, 0.6) is 5.75 Å². The summed E-state index contributed by atoms with van der Waals surface area (Å²) in [5.74, 6) is 0.880. The van der Waals surface area contributed by atoms with Gasteiger partial charge in [0.1, 0.15) is 12.4 Å². The first-order valence-electron chi connectivity index (χ1n) is 4.64. The molecule has 0 radical (unpaired) electrons. The zero-order valence-electron chi connectivity index (χ0n) is 8.36. The highest BCUT2D eigenvalue weighted by molar-refractivity contribution is 5.79. The number of rotatable bonds is 6. The minimum absolute atomic E-state index is 0.146. The van der Waals surface area contributed by atoms with Crippen LogP contribution < -0.4 is 16.0 Å². The van der Waals surface area contributed by atoms with Gasteiger partial charge in [0.15, 0.2) is 0 Å². The Labute approximate surface area is 88.3 Å². The molecule has 5 nitrogen and oxygen atoms in total. The van der Waals surface area contributed by atoms with Crippen molar-refractivity contribution in [2.75, 3.05) is 13.2 Å². The van der Waals surface area contributed by atoms with Gasteiger partial charge >= 0.3 is 0 Å². The van der Waals surface area contributed by atoms with E-state index in [2.05, 4.69) is 0 Å². The van der Waals surface area contributed by atoms with Crippen molar-refractivity contribution >= 4 is 5.84 Å². The Kier molecular flexibility index (Phi) is 4.59. The van der Waals surface area contributed by atoms with Crippen LogP contribution in [0.15, 0.2) is 24.3 Å². The molecule has 0 aliphatic carbocycles. The first kappa shape index (κ1) is 11.5. The van der Waals surface area contributed by atoms with E-state index < -0.39 is 0 Å². The molecule has 5 heteroatoms. The number of nitrogens with two attached hydrogens (primary N) is 1. The number of ether oxygens (including phenoxy) is 1. The lowest BCUT2D eigenvalue weighted by molar-refractivity contribution is 0.145. The molecule has 1 rings (SSSR count). The molecule has 1 aromatic rings. The molecule has 0 heterocycles. The lowest BCUT2D eigenvalue weighted by Crippen LogP contribution is -2.16. The number of hydroxylamine groups is 1. The molecule has 5 N–H and O–H groups in total. The van der Waals surface area contributed by atoms with Crippen molar-refractivity contribution in [3.8, 4) is 5.75 Å². The molecule has 0 saturated heterocycles. The van der Waals surface area contributed by atoms with E-state index in [9.17, 15) is 0 Å². The van der Waals surface area contributed by atoms with E-state index in [0.717, 1.165) is 11.3 Å². The van der Waals surface area contributed by atoms with Crippen LogP contribution >= 0.6 is 0 Å². The zero-order valence-corrected chi connectivity index (χ0v) is 8.36. The fourth-order valence-corrected chi connectivity index (χ4v) is 1.14. The van der Waals surface area contributed by atoms with Crippen LogP contribution in [0, 0.1) is 5.41 Å². The van der Waals surface area contributed by atoms with Crippen molar-refractivity contribution in [3.05, 3.63) is 29.8 Å². The Bertz CT molecular complexity index is 311. The second-order valence-electron chi connectivity index (χ2n) is 3.10. The summed E-state index contributed by atoms with van der Waals surface area (Å²) >= 11 is 0. The summed E-state index contributed by atoms with van der Waals surface area (Å²) < 4.78 is 5.30. The maximum atomic E-state index is 8.32. The summed E-state index contributed by atoms with van der Waals surface area (Å²) in [5, 5.41) is 15.5. The summed E-state index contributed by atoms with van der Waals surface area (Å²) in [6.45, 7) is 0.789. The molecule has 0 bridgehead atoms. The Balaban J connectivity index is 2.45. The van der Waals surface area contributed by atoms with Crippen LogP contribution in [0.1, 0.15) is 5.56 Å². The van der Waals surface area contributed by atoms with Crippen molar-refractivity contribution in [1.29, 1.82) is 5.41 Å². The monoisotopic (exact) mass is 209 g/mol. The molecule has 0 saturated carbocycles. The van der Waals surface area contributed by atoms with Crippen LogP contribution in [0.4, 0.5) is 0 Å². The van der Waals surface area contributed by atoms with Gasteiger partial charge in [-0.15, -0.1) is 0 Å². The average molecular weight is 209 g/mol. The lowest BCUT2D eigenvalue weighted by atomic mass is 10.1. The summed E-state index contributed by atoms with van der Waals surface area (Å²) in [5.41, 5.74) is 8.26. The van der Waals surface area contributed by atoms with Gasteiger partial charge < -0.3 is 15.7 Å². The summed E-state index contributed by atoms with van der Waals surface area (Å²) in [6.07, 6.45) is 0.457. The van der Waals surface area contributed by atoms with Gasteiger partial charge in [0.25, 0.3) is 0 Å². The van der Waals surface area contributed by atoms with Crippen LogP contribution in [0.3, 0.4) is 0 Å². The van der Waals surface area contributed by atoms with Crippen LogP contribution in [-0.2, 0) is 6.42 Å². The molecule has 1 aromatic carbocycles.